The first-order valence-electron chi connectivity index (χ1n) is 8.89. The Morgan fingerprint density at radius 2 is 2.00 bits per heavy atom. The van der Waals surface area contributed by atoms with Gasteiger partial charge in [-0.1, -0.05) is 6.07 Å². The number of nitrogens with one attached hydrogen (secondary N) is 1. The summed E-state index contributed by atoms with van der Waals surface area (Å²) in [5, 5.41) is 2.67. The van der Waals surface area contributed by atoms with E-state index in [2.05, 4.69) is 10.2 Å². The number of nitrogens with zero attached hydrogens (tertiary/aromatic N) is 2. The molecule has 1 N–H and O–H groups in total. The van der Waals surface area contributed by atoms with Gasteiger partial charge in [-0.25, -0.2) is 4.39 Å². The summed E-state index contributed by atoms with van der Waals surface area (Å²) in [4.78, 5) is 27.9. The summed E-state index contributed by atoms with van der Waals surface area (Å²) in [6, 6.07) is 4.70. The van der Waals surface area contributed by atoms with Crippen LogP contribution in [0.2, 0.25) is 0 Å². The van der Waals surface area contributed by atoms with Crippen molar-refractivity contribution in [1.29, 1.82) is 0 Å². The summed E-state index contributed by atoms with van der Waals surface area (Å²) in [6.45, 7) is 4.64. The summed E-state index contributed by atoms with van der Waals surface area (Å²) in [7, 11) is 1.87. The largest absolute Gasteiger partial charge is 0.345 e. The zero-order chi connectivity index (χ0) is 18.0. The van der Waals surface area contributed by atoms with Gasteiger partial charge < -0.3 is 10.2 Å². The van der Waals surface area contributed by atoms with Crippen molar-refractivity contribution in [3.63, 3.8) is 0 Å². The van der Waals surface area contributed by atoms with Crippen LogP contribution in [0.3, 0.4) is 0 Å². The predicted octanol–water partition coefficient (Wildman–Crippen LogP) is 2.41. The number of anilines is 1. The molecule has 5 nitrogen and oxygen atoms in total. The molecule has 0 aliphatic carbocycles. The maximum atomic E-state index is 13.8. The summed E-state index contributed by atoms with van der Waals surface area (Å²) < 4.78 is 13.8. The number of likely N-dealkylation sites (tertiary alicyclic amines) is 2. The molecular weight excluding hydrogens is 321 g/mol. The molecule has 1 aromatic carbocycles. The average molecular weight is 347 g/mol. The minimum absolute atomic E-state index is 0.184. The molecule has 1 spiro atoms. The smallest absolute Gasteiger partial charge is 0.238 e. The molecule has 2 aliphatic heterocycles. The first-order valence-corrected chi connectivity index (χ1v) is 8.89. The van der Waals surface area contributed by atoms with E-state index < -0.39 is 5.82 Å². The number of carbonyl (C=O) groups excluding carboxylic acids is 2. The molecule has 0 bridgehead atoms. The van der Waals surface area contributed by atoms with Gasteiger partial charge in [-0.05, 0) is 62.4 Å². The minimum atomic E-state index is -0.411. The number of hydrogen-bond donors (Lipinski definition) is 1. The molecule has 25 heavy (non-hydrogen) atoms. The highest BCUT2D eigenvalue weighted by Crippen LogP contribution is 2.39. The number of rotatable bonds is 3. The van der Waals surface area contributed by atoms with Crippen LogP contribution in [-0.4, -0.2) is 54.8 Å². The lowest BCUT2D eigenvalue weighted by Crippen LogP contribution is -2.51. The van der Waals surface area contributed by atoms with Crippen LogP contribution in [0, 0.1) is 18.2 Å². The average Bonchev–Trinajstić information content (AvgIpc) is 2.57. The van der Waals surface area contributed by atoms with Crippen LogP contribution in [0.5, 0.6) is 0 Å². The molecule has 2 fully saturated rings. The number of amides is 2. The van der Waals surface area contributed by atoms with Crippen molar-refractivity contribution in [3.05, 3.63) is 29.6 Å². The second kappa shape index (κ2) is 7.12. The van der Waals surface area contributed by atoms with Gasteiger partial charge in [0, 0.05) is 20.0 Å². The van der Waals surface area contributed by atoms with Gasteiger partial charge >= 0.3 is 0 Å². The van der Waals surface area contributed by atoms with Crippen LogP contribution < -0.4 is 5.32 Å². The molecular formula is C19H26FN3O2. The lowest BCUT2D eigenvalue weighted by atomic mass is 9.72. The number of benzene rings is 1. The molecule has 0 unspecified atom stereocenters. The zero-order valence-electron chi connectivity index (χ0n) is 15.0. The monoisotopic (exact) mass is 347 g/mol. The second-order valence-corrected chi connectivity index (χ2v) is 7.56. The fourth-order valence-electron chi connectivity index (χ4n) is 3.95. The molecule has 2 aliphatic rings. The molecule has 1 aromatic rings. The minimum Gasteiger partial charge on any atom is -0.345 e. The first kappa shape index (κ1) is 17.9. The van der Waals surface area contributed by atoms with Gasteiger partial charge in [0.2, 0.25) is 11.8 Å². The Kier molecular flexibility index (Phi) is 5.08. The van der Waals surface area contributed by atoms with E-state index >= 15 is 0 Å². The third-order valence-electron chi connectivity index (χ3n) is 5.55. The van der Waals surface area contributed by atoms with Crippen LogP contribution in [0.15, 0.2) is 18.2 Å². The summed E-state index contributed by atoms with van der Waals surface area (Å²) in [5.41, 5.74) is 1.36. The van der Waals surface area contributed by atoms with Crippen LogP contribution in [0.25, 0.3) is 0 Å². The molecule has 0 radical (unpaired) electrons. The van der Waals surface area contributed by atoms with Crippen molar-refractivity contribution >= 4 is 17.5 Å². The van der Waals surface area contributed by atoms with Crippen LogP contribution >= 0.6 is 0 Å². The van der Waals surface area contributed by atoms with E-state index in [9.17, 15) is 14.0 Å². The van der Waals surface area contributed by atoms with Crippen LogP contribution in [-0.2, 0) is 9.59 Å². The van der Waals surface area contributed by atoms with E-state index in [-0.39, 0.29) is 29.5 Å². The van der Waals surface area contributed by atoms with Crippen molar-refractivity contribution in [2.75, 3.05) is 38.5 Å². The van der Waals surface area contributed by atoms with Crippen molar-refractivity contribution in [2.24, 2.45) is 5.41 Å². The Hall–Kier alpha value is -1.95. The van der Waals surface area contributed by atoms with Gasteiger partial charge in [-0.3, -0.25) is 14.5 Å². The zero-order valence-corrected chi connectivity index (χ0v) is 15.0. The van der Waals surface area contributed by atoms with Gasteiger partial charge in [0.15, 0.2) is 0 Å². The number of piperidine rings is 2. The van der Waals surface area contributed by atoms with Gasteiger partial charge in [0.1, 0.15) is 5.82 Å². The molecule has 0 saturated carbocycles. The maximum Gasteiger partial charge on any atom is 0.238 e. The number of halogens is 1. The molecule has 136 valence electrons. The molecule has 3 rings (SSSR count). The standard InChI is InChI=1S/C19H26FN3O2/c1-14-3-4-15(20)16(11-14)21-17(24)12-23-9-7-19(8-10-23)6-5-18(25)22(2)13-19/h3-4,11H,5-10,12-13H2,1-2H3,(H,21,24). The molecule has 0 aromatic heterocycles. The van der Waals surface area contributed by atoms with Gasteiger partial charge in [-0.2, -0.15) is 0 Å². The highest BCUT2D eigenvalue weighted by Gasteiger charge is 2.39. The first-order chi connectivity index (χ1) is 11.9. The summed E-state index contributed by atoms with van der Waals surface area (Å²) in [5.74, 6) is -0.365. The topological polar surface area (TPSA) is 52.7 Å². The maximum absolute atomic E-state index is 13.8. The van der Waals surface area contributed by atoms with Crippen molar-refractivity contribution < 1.29 is 14.0 Å². The van der Waals surface area contributed by atoms with Crippen LogP contribution in [0.1, 0.15) is 31.2 Å². The Bertz CT molecular complexity index is 669. The summed E-state index contributed by atoms with van der Waals surface area (Å²) in [6.07, 6.45) is 3.57. The van der Waals surface area contributed by atoms with E-state index in [4.69, 9.17) is 0 Å². The van der Waals surface area contributed by atoms with Crippen LogP contribution in [0.4, 0.5) is 10.1 Å². The lowest BCUT2D eigenvalue weighted by Gasteiger charge is -2.46. The number of aryl methyl sites for hydroxylation is 1. The lowest BCUT2D eigenvalue weighted by molar-refractivity contribution is -0.137. The third kappa shape index (κ3) is 4.18. The fraction of sp³-hybridized carbons (Fsp3) is 0.579. The highest BCUT2D eigenvalue weighted by molar-refractivity contribution is 5.92. The molecule has 6 heteroatoms. The third-order valence-corrected chi connectivity index (χ3v) is 5.55. The van der Waals surface area contributed by atoms with Gasteiger partial charge in [0.05, 0.1) is 12.2 Å². The van der Waals surface area contributed by atoms with Gasteiger partial charge in [-0.15, -0.1) is 0 Å². The molecule has 0 atom stereocenters. The van der Waals surface area contributed by atoms with Crippen molar-refractivity contribution in [1.82, 2.24) is 9.80 Å². The van der Waals surface area contributed by atoms with E-state index in [1.165, 1.54) is 6.07 Å². The Morgan fingerprint density at radius 1 is 1.28 bits per heavy atom. The van der Waals surface area contributed by atoms with E-state index in [0.29, 0.717) is 6.42 Å². The summed E-state index contributed by atoms with van der Waals surface area (Å²) >= 11 is 0. The normalized spacial score (nSPS) is 20.8. The van der Waals surface area contributed by atoms with E-state index in [0.717, 1.165) is 44.5 Å². The van der Waals surface area contributed by atoms with E-state index in [1.807, 2.05) is 18.9 Å². The highest BCUT2D eigenvalue weighted by atomic mass is 19.1. The number of hydrogen-bond acceptors (Lipinski definition) is 3. The quantitative estimate of drug-likeness (QED) is 0.914. The fourth-order valence-corrected chi connectivity index (χ4v) is 3.95. The Labute approximate surface area is 148 Å². The van der Waals surface area contributed by atoms with E-state index in [1.54, 1.807) is 12.1 Å². The van der Waals surface area contributed by atoms with Crippen molar-refractivity contribution in [2.45, 2.75) is 32.6 Å². The molecule has 2 heterocycles. The Morgan fingerprint density at radius 3 is 2.68 bits per heavy atom. The van der Waals surface area contributed by atoms with Crippen molar-refractivity contribution in [3.8, 4) is 0 Å². The second-order valence-electron chi connectivity index (χ2n) is 7.56. The van der Waals surface area contributed by atoms with Gasteiger partial charge in [0.25, 0.3) is 0 Å². The number of carbonyl (C=O) groups is 2. The molecule has 2 saturated heterocycles. The SMILES string of the molecule is Cc1ccc(F)c(NC(=O)CN2CCC3(CCC(=O)N(C)C3)CC2)c1. The predicted molar refractivity (Wildman–Crippen MR) is 94.7 cm³/mol. The molecule has 2 amide bonds. The Balaban J connectivity index is 1.51.